The maximum atomic E-state index is 2.20. The summed E-state index contributed by atoms with van der Waals surface area (Å²) in [5, 5.41) is 2.69. The molecule has 0 aliphatic carbocycles. The van der Waals surface area contributed by atoms with Gasteiger partial charge in [0.15, 0.2) is 0 Å². The molecule has 0 aliphatic rings. The minimum atomic E-state index is 0. The second-order valence-electron chi connectivity index (χ2n) is 6.73. The van der Waals surface area contributed by atoms with Crippen molar-refractivity contribution >= 4 is 14.0 Å². The molecule has 0 atom stereocenters. The molecule has 3 heteroatoms. The van der Waals surface area contributed by atoms with Gasteiger partial charge in [-0.25, -0.2) is 12.1 Å². The van der Waals surface area contributed by atoms with Crippen LogP contribution in [0.3, 0.4) is 0 Å². The zero-order valence-electron chi connectivity index (χ0n) is 17.4. The van der Waals surface area contributed by atoms with Gasteiger partial charge in [0.2, 0.25) is 0 Å². The van der Waals surface area contributed by atoms with E-state index in [4.69, 9.17) is 0 Å². The largest absolute Gasteiger partial charge is 0.214 e. The molecule has 0 spiro atoms. The molecule has 0 heterocycles. The molecule has 5 rings (SSSR count). The smallest absolute Gasteiger partial charge is 0.172 e. The summed E-state index contributed by atoms with van der Waals surface area (Å²) in [6, 6.07) is 43.9. The van der Waals surface area contributed by atoms with Crippen LogP contribution in [-0.4, -0.2) is 3.21 Å². The second-order valence-corrected chi connectivity index (χ2v) is 7.96. The molecule has 0 saturated carbocycles. The first kappa shape index (κ1) is 27.0. The van der Waals surface area contributed by atoms with Crippen molar-refractivity contribution in [1.29, 1.82) is 0 Å². The van der Waals surface area contributed by atoms with Crippen LogP contribution in [0.25, 0.3) is 10.8 Å². The first-order chi connectivity index (χ1) is 14.2. The van der Waals surface area contributed by atoms with Crippen molar-refractivity contribution in [3.05, 3.63) is 144 Å². The van der Waals surface area contributed by atoms with Crippen molar-refractivity contribution < 1.29 is 49.0 Å². The maximum Gasteiger partial charge on any atom is -0.172 e. The van der Waals surface area contributed by atoms with Gasteiger partial charge in [0.1, 0.15) is 0 Å². The van der Waals surface area contributed by atoms with E-state index in [1.807, 2.05) is 30.3 Å². The van der Waals surface area contributed by atoms with Crippen LogP contribution in [-0.2, 0) is 24.2 Å². The summed E-state index contributed by atoms with van der Waals surface area (Å²) in [4.78, 5) is 0. The number of benzene rings is 3. The Hall–Kier alpha value is -2.05. The fraction of sp³-hybridized carbons (Fsp3) is 0.0357. The van der Waals surface area contributed by atoms with Crippen LogP contribution in [0.1, 0.15) is 16.7 Å². The summed E-state index contributed by atoms with van der Waals surface area (Å²) in [5.41, 5.74) is 4.01. The molecular weight excluding hydrogens is 498 g/mol. The number of halogens is 2. The third kappa shape index (κ3) is 8.92. The molecular formula is C28H24Cl2Zr-2. The number of hydrogen-bond donors (Lipinski definition) is 0. The van der Waals surface area contributed by atoms with Crippen LogP contribution in [0.5, 0.6) is 0 Å². The molecule has 0 amide bonds. The van der Waals surface area contributed by atoms with Crippen LogP contribution >= 0.6 is 0 Å². The van der Waals surface area contributed by atoms with Gasteiger partial charge < -0.3 is 24.8 Å². The van der Waals surface area contributed by atoms with Crippen molar-refractivity contribution in [3.8, 4) is 0 Å². The van der Waals surface area contributed by atoms with Crippen LogP contribution in [0, 0.1) is 6.92 Å². The van der Waals surface area contributed by atoms with E-state index in [1.165, 1.54) is 54.9 Å². The standard InChI is InChI=1S/C13H10.C10H9.C5H5.2ClH.Zr/c1-3-7-12(8-4-1)11-13-9-5-2-6-10-13;1-8-6-9-4-2-3-5-10(9)7-8;1-2-4-5-3-1;;;/h1-10H;2-7H,1H3;1-5H;2*1H;/q;2*-1;;;+2/p-2. The van der Waals surface area contributed by atoms with Crippen molar-refractivity contribution in [2.75, 3.05) is 0 Å². The Morgan fingerprint density at radius 3 is 1.58 bits per heavy atom. The number of fused-ring (bicyclic) bond motifs is 1. The molecule has 0 fully saturated rings. The van der Waals surface area contributed by atoms with E-state index in [1.54, 1.807) is 0 Å². The van der Waals surface area contributed by atoms with Gasteiger partial charge in [-0.3, -0.25) is 0 Å². The van der Waals surface area contributed by atoms with Gasteiger partial charge in [0.05, 0.1) is 0 Å². The van der Waals surface area contributed by atoms with E-state index in [2.05, 4.69) is 104 Å². The van der Waals surface area contributed by atoms with Crippen molar-refractivity contribution in [3.63, 3.8) is 0 Å². The summed E-state index contributed by atoms with van der Waals surface area (Å²) in [6.45, 7) is 2.12. The topological polar surface area (TPSA) is 0 Å². The van der Waals surface area contributed by atoms with Crippen molar-refractivity contribution in [2.45, 2.75) is 6.92 Å². The van der Waals surface area contributed by atoms with E-state index in [0.717, 1.165) is 0 Å². The van der Waals surface area contributed by atoms with E-state index >= 15 is 0 Å². The van der Waals surface area contributed by atoms with Crippen molar-refractivity contribution in [1.82, 2.24) is 0 Å². The SMILES string of the molecule is Cc1cc2ccccc2[cH-]1.[Cl-].[Cl-].[Zr+2]=[C](c1ccccc1)c1ccccc1.c1cc[cH-]c1. The van der Waals surface area contributed by atoms with E-state index in [0.29, 0.717) is 0 Å². The molecule has 5 aromatic rings. The molecule has 0 unspecified atom stereocenters. The Bertz CT molecular complexity index is 1020. The molecule has 0 bridgehead atoms. The normalized spacial score (nSPS) is 9.13. The predicted molar refractivity (Wildman–Crippen MR) is 122 cm³/mol. The fourth-order valence-electron chi connectivity index (χ4n) is 3.00. The summed E-state index contributed by atoms with van der Waals surface area (Å²) in [5.74, 6) is 0. The van der Waals surface area contributed by atoms with E-state index in [-0.39, 0.29) is 24.8 Å². The average molecular weight is 523 g/mol. The Kier molecular flexibility index (Phi) is 12.9. The van der Waals surface area contributed by atoms with Gasteiger partial charge in [0, 0.05) is 0 Å². The Morgan fingerprint density at radius 1 is 0.645 bits per heavy atom. The second kappa shape index (κ2) is 14.9. The molecule has 0 nitrogen and oxygen atoms in total. The number of rotatable bonds is 2. The average Bonchev–Trinajstić information content (AvgIpc) is 3.47. The van der Waals surface area contributed by atoms with Crippen LogP contribution < -0.4 is 24.8 Å². The van der Waals surface area contributed by atoms with Crippen LogP contribution in [0.15, 0.2) is 127 Å². The number of hydrogen-bond acceptors (Lipinski definition) is 0. The predicted octanol–water partition coefficient (Wildman–Crippen LogP) is 1.08. The van der Waals surface area contributed by atoms with Gasteiger partial charge in [0.25, 0.3) is 0 Å². The van der Waals surface area contributed by atoms with Gasteiger partial charge >= 0.3 is 99.2 Å². The third-order valence-electron chi connectivity index (χ3n) is 4.44. The zero-order valence-corrected chi connectivity index (χ0v) is 21.4. The molecule has 0 radical (unpaired) electrons. The molecule has 31 heavy (non-hydrogen) atoms. The van der Waals surface area contributed by atoms with Crippen LogP contribution in [0.2, 0.25) is 0 Å². The minimum absolute atomic E-state index is 0. The summed E-state index contributed by atoms with van der Waals surface area (Å²) >= 11 is 1.46. The summed E-state index contributed by atoms with van der Waals surface area (Å²) in [6.07, 6.45) is 0. The maximum absolute atomic E-state index is 2.20. The third-order valence-corrected chi connectivity index (χ3v) is 5.86. The van der Waals surface area contributed by atoms with Gasteiger partial charge in [-0.1, -0.05) is 13.0 Å². The first-order valence-corrected chi connectivity index (χ1v) is 10.9. The van der Waals surface area contributed by atoms with E-state index < -0.39 is 0 Å². The first-order valence-electron chi connectivity index (χ1n) is 9.72. The van der Waals surface area contributed by atoms with Crippen molar-refractivity contribution in [2.24, 2.45) is 0 Å². The van der Waals surface area contributed by atoms with Gasteiger partial charge in [-0.05, 0) is 0 Å². The Morgan fingerprint density at radius 2 is 1.13 bits per heavy atom. The monoisotopic (exact) mass is 520 g/mol. The minimum Gasteiger partial charge on any atom is -0.214 e. The summed E-state index contributed by atoms with van der Waals surface area (Å²) < 4.78 is 1.42. The Balaban J connectivity index is 0.000000248. The zero-order chi connectivity index (χ0) is 20.3. The summed E-state index contributed by atoms with van der Waals surface area (Å²) in [7, 11) is 0. The molecule has 0 N–H and O–H groups in total. The van der Waals surface area contributed by atoms with Gasteiger partial charge in [-0.15, -0.1) is 40.6 Å². The molecule has 5 aromatic carbocycles. The quantitative estimate of drug-likeness (QED) is 0.305. The fourth-order valence-corrected chi connectivity index (χ4v) is 3.82. The molecule has 156 valence electrons. The Labute approximate surface area is 212 Å². The molecule has 0 aromatic heterocycles. The number of aryl methyl sites for hydroxylation is 1. The van der Waals surface area contributed by atoms with E-state index in [9.17, 15) is 0 Å². The van der Waals surface area contributed by atoms with Crippen LogP contribution in [0.4, 0.5) is 0 Å². The molecule has 0 saturated heterocycles. The van der Waals surface area contributed by atoms with Gasteiger partial charge in [-0.2, -0.15) is 24.3 Å². The molecule has 0 aliphatic heterocycles.